The van der Waals surface area contributed by atoms with Crippen molar-refractivity contribution in [2.75, 3.05) is 0 Å². The third kappa shape index (κ3) is 3.11. The summed E-state index contributed by atoms with van der Waals surface area (Å²) in [6, 6.07) is 18.9. The molecule has 0 aromatic heterocycles. The molecule has 0 atom stereocenters. The number of Topliss-reactive ketones (excluding diaryl/α,β-unsaturated/α-hetero) is 1. The Hall–Kier alpha value is -1.89. The number of carbonyl (C=O) groups excluding carboxylic acids is 1. The van der Waals surface area contributed by atoms with Gasteiger partial charge in [0.1, 0.15) is 5.78 Å². The zero-order valence-corrected chi connectivity index (χ0v) is 11.0. The van der Waals surface area contributed by atoms with Gasteiger partial charge in [-0.25, -0.2) is 0 Å². The number of ketones is 1. The molecule has 0 radical (unpaired) electrons. The van der Waals surface area contributed by atoms with Crippen LogP contribution in [0.15, 0.2) is 54.6 Å². The van der Waals surface area contributed by atoms with Crippen molar-refractivity contribution >= 4 is 5.78 Å². The highest BCUT2D eigenvalue weighted by Crippen LogP contribution is 2.31. The van der Waals surface area contributed by atoms with Gasteiger partial charge in [-0.15, -0.1) is 0 Å². The summed E-state index contributed by atoms with van der Waals surface area (Å²) in [6.45, 7) is 0. The molecular formula is C18H18O. The van der Waals surface area contributed by atoms with Crippen LogP contribution in [0.2, 0.25) is 0 Å². The summed E-state index contributed by atoms with van der Waals surface area (Å²) in [7, 11) is 0. The van der Waals surface area contributed by atoms with Crippen LogP contribution >= 0.6 is 0 Å². The predicted molar refractivity (Wildman–Crippen MR) is 77.9 cm³/mol. The first-order chi connectivity index (χ1) is 9.33. The van der Waals surface area contributed by atoms with Gasteiger partial charge in [-0.3, -0.25) is 4.79 Å². The average Bonchev–Trinajstić information content (AvgIpc) is 3.31. The van der Waals surface area contributed by atoms with Crippen molar-refractivity contribution < 1.29 is 4.79 Å². The largest absolute Gasteiger partial charge is 0.299 e. The summed E-state index contributed by atoms with van der Waals surface area (Å²) in [4.78, 5) is 11.7. The lowest BCUT2D eigenvalue weighted by molar-refractivity contribution is -0.120. The molecule has 0 spiro atoms. The minimum Gasteiger partial charge on any atom is -0.299 e. The average molecular weight is 250 g/mol. The van der Waals surface area contributed by atoms with Crippen molar-refractivity contribution in [1.29, 1.82) is 0 Å². The van der Waals surface area contributed by atoms with E-state index in [4.69, 9.17) is 0 Å². The van der Waals surface area contributed by atoms with E-state index in [0.717, 1.165) is 19.3 Å². The second-order valence-electron chi connectivity index (χ2n) is 5.30. The van der Waals surface area contributed by atoms with Gasteiger partial charge in [-0.1, -0.05) is 54.6 Å². The van der Waals surface area contributed by atoms with Gasteiger partial charge in [0.05, 0.1) is 0 Å². The second-order valence-corrected chi connectivity index (χ2v) is 5.30. The van der Waals surface area contributed by atoms with Crippen molar-refractivity contribution in [3.05, 3.63) is 60.2 Å². The molecule has 1 aliphatic carbocycles. The smallest absolute Gasteiger partial charge is 0.136 e. The number of rotatable bonds is 5. The van der Waals surface area contributed by atoms with E-state index in [9.17, 15) is 4.79 Å². The minimum absolute atomic E-state index is 0.392. The number of aryl methyl sites for hydroxylation is 1. The van der Waals surface area contributed by atoms with Crippen molar-refractivity contribution in [3.63, 3.8) is 0 Å². The summed E-state index contributed by atoms with van der Waals surface area (Å²) in [6.07, 6.45) is 3.82. The maximum atomic E-state index is 11.7. The lowest BCUT2D eigenvalue weighted by atomic mass is 10.0. The molecule has 0 amide bonds. The molecule has 19 heavy (non-hydrogen) atoms. The Bertz CT molecular complexity index is 550. The van der Waals surface area contributed by atoms with Crippen LogP contribution in [0.25, 0.3) is 11.1 Å². The molecule has 0 heterocycles. The Morgan fingerprint density at radius 2 is 1.53 bits per heavy atom. The third-order valence-electron chi connectivity index (χ3n) is 3.75. The first kappa shape index (κ1) is 12.2. The molecule has 2 aromatic rings. The summed E-state index contributed by atoms with van der Waals surface area (Å²) in [5.74, 6) is 0.843. The molecule has 0 unspecified atom stereocenters. The standard InChI is InChI=1S/C18H18O/c19-18(17-11-12-17)13-8-14-6-9-16(10-7-14)15-4-2-1-3-5-15/h1-7,9-10,17H,8,11-13H2. The molecule has 3 rings (SSSR count). The number of carbonyl (C=O) groups is 1. The van der Waals surface area contributed by atoms with Crippen molar-refractivity contribution in [2.24, 2.45) is 5.92 Å². The fourth-order valence-corrected chi connectivity index (χ4v) is 2.37. The highest BCUT2D eigenvalue weighted by atomic mass is 16.1. The number of benzene rings is 2. The highest BCUT2D eigenvalue weighted by Gasteiger charge is 2.28. The van der Waals surface area contributed by atoms with Crippen molar-refractivity contribution in [3.8, 4) is 11.1 Å². The van der Waals surface area contributed by atoms with E-state index in [1.807, 2.05) is 6.07 Å². The topological polar surface area (TPSA) is 17.1 Å². The first-order valence-electron chi connectivity index (χ1n) is 7.00. The van der Waals surface area contributed by atoms with Crippen molar-refractivity contribution in [1.82, 2.24) is 0 Å². The van der Waals surface area contributed by atoms with Crippen LogP contribution < -0.4 is 0 Å². The van der Waals surface area contributed by atoms with E-state index in [0.29, 0.717) is 18.1 Å². The van der Waals surface area contributed by atoms with Crippen LogP contribution in [0.5, 0.6) is 0 Å². The van der Waals surface area contributed by atoms with Gasteiger partial charge in [-0.2, -0.15) is 0 Å². The fraction of sp³-hybridized carbons (Fsp3) is 0.278. The Labute approximate surface area is 114 Å². The monoisotopic (exact) mass is 250 g/mol. The lowest BCUT2D eigenvalue weighted by Gasteiger charge is -2.04. The van der Waals surface area contributed by atoms with Crippen LogP contribution in [0.1, 0.15) is 24.8 Å². The van der Waals surface area contributed by atoms with Crippen LogP contribution in [0, 0.1) is 5.92 Å². The van der Waals surface area contributed by atoms with Gasteiger partial charge in [-0.05, 0) is 36.0 Å². The SMILES string of the molecule is O=C(CCc1ccc(-c2ccccc2)cc1)C1CC1. The molecule has 0 bridgehead atoms. The number of hydrogen-bond donors (Lipinski definition) is 0. The molecule has 0 saturated heterocycles. The van der Waals surface area contributed by atoms with E-state index in [1.54, 1.807) is 0 Å². The number of hydrogen-bond acceptors (Lipinski definition) is 1. The van der Waals surface area contributed by atoms with Crippen molar-refractivity contribution in [2.45, 2.75) is 25.7 Å². The molecule has 1 nitrogen and oxygen atoms in total. The molecule has 1 aliphatic rings. The summed E-state index contributed by atoms with van der Waals surface area (Å²) in [5.41, 5.74) is 3.73. The summed E-state index contributed by atoms with van der Waals surface area (Å²) in [5, 5.41) is 0. The normalized spacial score (nSPS) is 14.3. The Kier molecular flexibility index (Phi) is 3.45. The molecule has 1 saturated carbocycles. The van der Waals surface area contributed by atoms with Crippen LogP contribution in [-0.4, -0.2) is 5.78 Å². The van der Waals surface area contributed by atoms with E-state index in [2.05, 4.69) is 48.5 Å². The fourth-order valence-electron chi connectivity index (χ4n) is 2.37. The van der Waals surface area contributed by atoms with Gasteiger partial charge in [0.15, 0.2) is 0 Å². The van der Waals surface area contributed by atoms with E-state index in [1.165, 1.54) is 16.7 Å². The summed E-state index contributed by atoms with van der Waals surface area (Å²) >= 11 is 0. The Morgan fingerprint density at radius 1 is 0.895 bits per heavy atom. The predicted octanol–water partition coefficient (Wildman–Crippen LogP) is 4.27. The van der Waals surface area contributed by atoms with Gasteiger partial charge < -0.3 is 0 Å². The van der Waals surface area contributed by atoms with Gasteiger partial charge >= 0.3 is 0 Å². The maximum Gasteiger partial charge on any atom is 0.136 e. The molecule has 96 valence electrons. The van der Waals surface area contributed by atoms with Crippen LogP contribution in [0.4, 0.5) is 0 Å². The van der Waals surface area contributed by atoms with Crippen LogP contribution in [0.3, 0.4) is 0 Å². The van der Waals surface area contributed by atoms with E-state index >= 15 is 0 Å². The Morgan fingerprint density at radius 3 is 2.16 bits per heavy atom. The van der Waals surface area contributed by atoms with E-state index < -0.39 is 0 Å². The first-order valence-corrected chi connectivity index (χ1v) is 7.00. The van der Waals surface area contributed by atoms with Gasteiger partial charge in [0.2, 0.25) is 0 Å². The maximum absolute atomic E-state index is 11.7. The Balaban J connectivity index is 1.64. The quantitative estimate of drug-likeness (QED) is 0.774. The lowest BCUT2D eigenvalue weighted by Crippen LogP contribution is -2.01. The van der Waals surface area contributed by atoms with E-state index in [-0.39, 0.29) is 0 Å². The molecular weight excluding hydrogens is 232 g/mol. The van der Waals surface area contributed by atoms with Crippen LogP contribution in [-0.2, 0) is 11.2 Å². The zero-order chi connectivity index (χ0) is 13.1. The molecule has 1 heteroatoms. The third-order valence-corrected chi connectivity index (χ3v) is 3.75. The molecule has 1 fully saturated rings. The van der Waals surface area contributed by atoms with Gasteiger partial charge in [0, 0.05) is 12.3 Å². The molecule has 0 N–H and O–H groups in total. The second kappa shape index (κ2) is 5.40. The molecule has 2 aromatic carbocycles. The zero-order valence-electron chi connectivity index (χ0n) is 11.0. The summed E-state index contributed by atoms with van der Waals surface area (Å²) < 4.78 is 0. The minimum atomic E-state index is 0.392. The highest BCUT2D eigenvalue weighted by molar-refractivity contribution is 5.83. The molecule has 0 aliphatic heterocycles. The van der Waals surface area contributed by atoms with Gasteiger partial charge in [0.25, 0.3) is 0 Å².